The molecule has 0 radical (unpaired) electrons. The topological polar surface area (TPSA) is 29.5 Å². The SMILES string of the molecule is COC(=O)C(C)CN(C)Cc1ccc(Cl)s1. The maximum Gasteiger partial charge on any atom is 0.309 e. The number of ether oxygens (including phenoxy) is 1. The van der Waals surface area contributed by atoms with Gasteiger partial charge in [0.25, 0.3) is 0 Å². The van der Waals surface area contributed by atoms with Gasteiger partial charge in [-0.2, -0.15) is 0 Å². The number of methoxy groups -OCH3 is 1. The molecule has 1 atom stereocenters. The molecule has 1 aromatic rings. The summed E-state index contributed by atoms with van der Waals surface area (Å²) in [7, 11) is 3.39. The van der Waals surface area contributed by atoms with Crippen molar-refractivity contribution >= 4 is 28.9 Å². The van der Waals surface area contributed by atoms with Crippen molar-refractivity contribution in [2.45, 2.75) is 13.5 Å². The molecule has 1 rings (SSSR count). The van der Waals surface area contributed by atoms with Crippen LogP contribution in [0.15, 0.2) is 12.1 Å². The van der Waals surface area contributed by atoms with Crippen LogP contribution in [0.25, 0.3) is 0 Å². The number of halogens is 1. The normalized spacial score (nSPS) is 12.8. The molecule has 0 aliphatic carbocycles. The molecule has 0 bridgehead atoms. The summed E-state index contributed by atoms with van der Waals surface area (Å²) >= 11 is 7.41. The maximum absolute atomic E-state index is 11.2. The Balaban J connectivity index is 2.41. The molecule has 0 saturated heterocycles. The van der Waals surface area contributed by atoms with E-state index in [1.807, 2.05) is 26.1 Å². The fraction of sp³-hybridized carbons (Fsp3) is 0.545. The van der Waals surface area contributed by atoms with E-state index in [1.165, 1.54) is 12.0 Å². The number of rotatable bonds is 5. The Hall–Kier alpha value is -0.580. The van der Waals surface area contributed by atoms with E-state index in [-0.39, 0.29) is 11.9 Å². The summed E-state index contributed by atoms with van der Waals surface area (Å²) in [6.45, 7) is 3.35. The lowest BCUT2D eigenvalue weighted by Crippen LogP contribution is -2.28. The largest absolute Gasteiger partial charge is 0.469 e. The molecule has 0 aromatic carbocycles. The third kappa shape index (κ3) is 4.12. The molecule has 0 fully saturated rings. The number of hydrogen-bond donors (Lipinski definition) is 0. The first-order valence-electron chi connectivity index (χ1n) is 5.03. The van der Waals surface area contributed by atoms with Crippen molar-refractivity contribution < 1.29 is 9.53 Å². The average molecular weight is 262 g/mol. The van der Waals surface area contributed by atoms with Crippen LogP contribution in [0.4, 0.5) is 0 Å². The summed E-state index contributed by atoms with van der Waals surface area (Å²) in [5, 5.41) is 0. The van der Waals surface area contributed by atoms with Crippen molar-refractivity contribution in [1.82, 2.24) is 4.90 Å². The molecular formula is C11H16ClNO2S. The van der Waals surface area contributed by atoms with E-state index in [1.54, 1.807) is 11.3 Å². The highest BCUT2D eigenvalue weighted by Gasteiger charge is 2.15. The molecule has 0 N–H and O–H groups in total. The predicted octanol–water partition coefficient (Wildman–Crippen LogP) is 2.64. The summed E-state index contributed by atoms with van der Waals surface area (Å²) in [6.07, 6.45) is 0. The van der Waals surface area contributed by atoms with Gasteiger partial charge in [-0.25, -0.2) is 0 Å². The number of esters is 1. The zero-order chi connectivity index (χ0) is 12.1. The minimum Gasteiger partial charge on any atom is -0.469 e. The zero-order valence-electron chi connectivity index (χ0n) is 9.70. The van der Waals surface area contributed by atoms with E-state index in [0.29, 0.717) is 6.54 Å². The van der Waals surface area contributed by atoms with E-state index >= 15 is 0 Å². The zero-order valence-corrected chi connectivity index (χ0v) is 11.3. The lowest BCUT2D eigenvalue weighted by atomic mass is 10.2. The molecular weight excluding hydrogens is 246 g/mol. The molecule has 0 spiro atoms. The van der Waals surface area contributed by atoms with Crippen LogP contribution in [-0.4, -0.2) is 31.6 Å². The van der Waals surface area contributed by atoms with Gasteiger partial charge >= 0.3 is 5.97 Å². The fourth-order valence-corrected chi connectivity index (χ4v) is 2.68. The smallest absolute Gasteiger partial charge is 0.309 e. The van der Waals surface area contributed by atoms with Gasteiger partial charge in [-0.3, -0.25) is 4.79 Å². The van der Waals surface area contributed by atoms with Gasteiger partial charge in [-0.15, -0.1) is 11.3 Å². The Labute approximate surface area is 105 Å². The van der Waals surface area contributed by atoms with Crippen LogP contribution in [0.3, 0.4) is 0 Å². The van der Waals surface area contributed by atoms with Crippen molar-refractivity contribution in [3.8, 4) is 0 Å². The maximum atomic E-state index is 11.2. The number of nitrogens with zero attached hydrogens (tertiary/aromatic N) is 1. The van der Waals surface area contributed by atoms with E-state index in [9.17, 15) is 4.79 Å². The Morgan fingerprint density at radius 1 is 1.62 bits per heavy atom. The van der Waals surface area contributed by atoms with Crippen LogP contribution in [0.2, 0.25) is 4.34 Å². The molecule has 16 heavy (non-hydrogen) atoms. The fourth-order valence-electron chi connectivity index (χ4n) is 1.51. The second-order valence-electron chi connectivity index (χ2n) is 3.83. The van der Waals surface area contributed by atoms with Gasteiger partial charge in [0.15, 0.2) is 0 Å². The highest BCUT2D eigenvalue weighted by Crippen LogP contribution is 2.22. The molecule has 0 saturated carbocycles. The first-order valence-corrected chi connectivity index (χ1v) is 6.23. The van der Waals surface area contributed by atoms with Crippen LogP contribution < -0.4 is 0 Å². The van der Waals surface area contributed by atoms with Gasteiger partial charge in [0.05, 0.1) is 17.4 Å². The van der Waals surface area contributed by atoms with E-state index in [0.717, 1.165) is 10.9 Å². The third-order valence-electron chi connectivity index (χ3n) is 2.24. The third-order valence-corrected chi connectivity index (χ3v) is 3.46. The number of carbonyl (C=O) groups is 1. The van der Waals surface area contributed by atoms with Crippen molar-refractivity contribution in [3.63, 3.8) is 0 Å². The summed E-state index contributed by atoms with van der Waals surface area (Å²) in [4.78, 5) is 14.5. The summed E-state index contributed by atoms with van der Waals surface area (Å²) < 4.78 is 5.48. The highest BCUT2D eigenvalue weighted by atomic mass is 35.5. The minimum atomic E-state index is -0.170. The van der Waals surface area contributed by atoms with E-state index < -0.39 is 0 Å². The Bertz CT molecular complexity index is 354. The molecule has 90 valence electrons. The number of hydrogen-bond acceptors (Lipinski definition) is 4. The monoisotopic (exact) mass is 261 g/mol. The lowest BCUT2D eigenvalue weighted by molar-refractivity contribution is -0.145. The molecule has 1 aromatic heterocycles. The van der Waals surface area contributed by atoms with Gasteiger partial charge in [-0.05, 0) is 19.2 Å². The standard InChI is InChI=1S/C11H16ClNO2S/c1-8(11(14)15-3)6-13(2)7-9-4-5-10(12)16-9/h4-5,8H,6-7H2,1-3H3. The van der Waals surface area contributed by atoms with E-state index in [4.69, 9.17) is 11.6 Å². The van der Waals surface area contributed by atoms with Gasteiger partial charge in [0, 0.05) is 18.0 Å². The van der Waals surface area contributed by atoms with Crippen molar-refractivity contribution in [3.05, 3.63) is 21.3 Å². The van der Waals surface area contributed by atoms with Crippen molar-refractivity contribution in [2.24, 2.45) is 5.92 Å². The van der Waals surface area contributed by atoms with Gasteiger partial charge in [-0.1, -0.05) is 18.5 Å². The summed E-state index contributed by atoms with van der Waals surface area (Å²) in [6, 6.07) is 3.89. The van der Waals surface area contributed by atoms with Crippen LogP contribution >= 0.6 is 22.9 Å². The molecule has 0 aliphatic heterocycles. The minimum absolute atomic E-state index is 0.106. The van der Waals surface area contributed by atoms with Crippen LogP contribution in [0, 0.1) is 5.92 Å². The first kappa shape index (κ1) is 13.5. The molecule has 1 heterocycles. The molecule has 0 aliphatic rings. The second kappa shape index (κ2) is 6.23. The molecule has 1 unspecified atom stereocenters. The Morgan fingerprint density at radius 2 is 2.31 bits per heavy atom. The van der Waals surface area contributed by atoms with Crippen molar-refractivity contribution in [1.29, 1.82) is 0 Å². The quantitative estimate of drug-likeness (QED) is 0.764. The van der Waals surface area contributed by atoms with E-state index in [2.05, 4.69) is 9.64 Å². The van der Waals surface area contributed by atoms with Gasteiger partial charge in [0.1, 0.15) is 0 Å². The van der Waals surface area contributed by atoms with Gasteiger partial charge < -0.3 is 9.64 Å². The highest BCUT2D eigenvalue weighted by molar-refractivity contribution is 7.16. The number of thiophene rings is 1. The molecule has 3 nitrogen and oxygen atoms in total. The van der Waals surface area contributed by atoms with Crippen molar-refractivity contribution in [2.75, 3.05) is 20.7 Å². The lowest BCUT2D eigenvalue weighted by Gasteiger charge is -2.18. The Kier molecular flexibility index (Phi) is 5.25. The van der Waals surface area contributed by atoms with Gasteiger partial charge in [0.2, 0.25) is 0 Å². The summed E-state index contributed by atoms with van der Waals surface area (Å²) in [5.74, 6) is -0.276. The first-order chi connectivity index (χ1) is 7.52. The predicted molar refractivity (Wildman–Crippen MR) is 66.8 cm³/mol. The van der Waals surface area contributed by atoms with Crippen LogP contribution in [0.5, 0.6) is 0 Å². The Morgan fingerprint density at radius 3 is 2.81 bits per heavy atom. The molecule has 0 amide bonds. The van der Waals surface area contributed by atoms with Crippen LogP contribution in [0.1, 0.15) is 11.8 Å². The van der Waals surface area contributed by atoms with Crippen LogP contribution in [-0.2, 0) is 16.1 Å². The molecule has 5 heteroatoms. The summed E-state index contributed by atoms with van der Waals surface area (Å²) in [5.41, 5.74) is 0. The average Bonchev–Trinajstić information content (AvgIpc) is 2.62. The second-order valence-corrected chi connectivity index (χ2v) is 5.63. The number of carbonyl (C=O) groups excluding carboxylic acids is 1.